The molecule has 1 saturated carbocycles. The molecule has 1 amide bonds. The lowest BCUT2D eigenvalue weighted by molar-refractivity contribution is 0.0452. The average Bonchev–Trinajstić information content (AvgIpc) is 3.34. The van der Waals surface area contributed by atoms with Crippen LogP contribution in [0.4, 0.5) is 0 Å². The summed E-state index contributed by atoms with van der Waals surface area (Å²) in [7, 11) is 0. The van der Waals surface area contributed by atoms with Crippen LogP contribution in [0.5, 0.6) is 6.01 Å². The fourth-order valence-electron chi connectivity index (χ4n) is 4.68. The largest absolute Gasteiger partial charge is 0.458 e. The highest BCUT2D eigenvalue weighted by atomic mass is 16.5. The fraction of sp³-hybridized carbons (Fsp3) is 0.391. The minimum Gasteiger partial charge on any atom is -0.458 e. The van der Waals surface area contributed by atoms with Gasteiger partial charge in [0, 0.05) is 36.0 Å². The molecule has 2 unspecified atom stereocenters. The van der Waals surface area contributed by atoms with E-state index >= 15 is 0 Å². The van der Waals surface area contributed by atoms with E-state index in [9.17, 15) is 4.79 Å². The number of hydrogen-bond acceptors (Lipinski definition) is 7. The molecule has 0 radical (unpaired) electrons. The molecular formula is C23H24N6O2. The van der Waals surface area contributed by atoms with Crippen LogP contribution in [0.25, 0.3) is 11.5 Å². The van der Waals surface area contributed by atoms with Crippen LogP contribution in [-0.4, -0.2) is 54.4 Å². The number of fused-ring (bicyclic) bond motifs is 2. The molecule has 2 aliphatic rings. The van der Waals surface area contributed by atoms with Crippen LogP contribution in [0, 0.1) is 26.7 Å². The van der Waals surface area contributed by atoms with Crippen molar-refractivity contribution in [3.63, 3.8) is 0 Å². The normalized spacial score (nSPS) is 22.0. The molecule has 2 bridgehead atoms. The number of aromatic nitrogens is 5. The second-order valence-electron chi connectivity index (χ2n) is 8.37. The number of ether oxygens (including phenoxy) is 1. The van der Waals surface area contributed by atoms with Crippen molar-refractivity contribution >= 4 is 5.91 Å². The smallest absolute Gasteiger partial charge is 0.317 e. The molecule has 3 aromatic rings. The Morgan fingerprint density at radius 2 is 1.74 bits per heavy atom. The van der Waals surface area contributed by atoms with Gasteiger partial charge in [0.25, 0.3) is 5.91 Å². The summed E-state index contributed by atoms with van der Waals surface area (Å²) in [6.45, 7) is 6.47. The maximum Gasteiger partial charge on any atom is 0.317 e. The maximum absolute atomic E-state index is 13.6. The summed E-state index contributed by atoms with van der Waals surface area (Å²) in [6, 6.07) is 7.72. The molecule has 8 nitrogen and oxygen atoms in total. The quantitative estimate of drug-likeness (QED) is 0.645. The molecule has 158 valence electrons. The molecule has 1 aliphatic carbocycles. The van der Waals surface area contributed by atoms with Gasteiger partial charge in [0.1, 0.15) is 11.8 Å². The third kappa shape index (κ3) is 3.73. The first-order valence-electron chi connectivity index (χ1n) is 10.5. The second kappa shape index (κ2) is 7.68. The predicted octanol–water partition coefficient (Wildman–Crippen LogP) is 2.94. The van der Waals surface area contributed by atoms with Crippen LogP contribution in [0.2, 0.25) is 0 Å². The topological polar surface area (TPSA) is 94.0 Å². The Balaban J connectivity index is 1.42. The minimum atomic E-state index is -0.112. The van der Waals surface area contributed by atoms with Crippen LogP contribution in [-0.2, 0) is 0 Å². The lowest BCUT2D eigenvalue weighted by Gasteiger charge is -2.33. The van der Waals surface area contributed by atoms with Crippen molar-refractivity contribution in [2.24, 2.45) is 5.92 Å². The Bertz CT molecular complexity index is 1120. The number of carbonyl (C=O) groups is 1. The first-order chi connectivity index (χ1) is 15.0. The van der Waals surface area contributed by atoms with E-state index in [2.05, 4.69) is 24.9 Å². The number of carbonyl (C=O) groups excluding carboxylic acids is 1. The van der Waals surface area contributed by atoms with Gasteiger partial charge in [0.2, 0.25) is 0 Å². The van der Waals surface area contributed by atoms with E-state index in [0.29, 0.717) is 29.0 Å². The van der Waals surface area contributed by atoms with Crippen molar-refractivity contribution in [1.82, 2.24) is 29.8 Å². The Kier molecular flexibility index (Phi) is 4.84. The van der Waals surface area contributed by atoms with E-state index in [0.717, 1.165) is 36.5 Å². The van der Waals surface area contributed by atoms with E-state index in [1.165, 1.54) is 0 Å². The highest BCUT2D eigenvalue weighted by Crippen LogP contribution is 2.40. The van der Waals surface area contributed by atoms with Crippen molar-refractivity contribution < 1.29 is 9.53 Å². The van der Waals surface area contributed by atoms with E-state index in [4.69, 9.17) is 4.74 Å². The number of piperidine rings is 1. The average molecular weight is 416 g/mol. The monoisotopic (exact) mass is 416 g/mol. The van der Waals surface area contributed by atoms with Gasteiger partial charge in [-0.15, -0.1) is 0 Å². The summed E-state index contributed by atoms with van der Waals surface area (Å²) in [4.78, 5) is 37.5. The number of pyridine rings is 1. The zero-order valence-corrected chi connectivity index (χ0v) is 17.8. The summed E-state index contributed by atoms with van der Waals surface area (Å²) in [5, 5.41) is 0. The van der Waals surface area contributed by atoms with Crippen LogP contribution in [0.3, 0.4) is 0 Å². The fourth-order valence-corrected chi connectivity index (χ4v) is 4.68. The predicted molar refractivity (Wildman–Crippen MR) is 113 cm³/mol. The standard InChI is InChI=1S/C23H24N6O2/c1-13-5-6-17(20(26-13)21-24-7-4-8-25-21)22(30)29-12-16-10-18(29)19(11-16)31-23-27-14(2)9-15(3)28-23/h4-9,16,18-19H,10-12H2,1-3H3/t16-,18?,19?/m1/s1. The van der Waals surface area contributed by atoms with Crippen molar-refractivity contribution in [1.29, 1.82) is 0 Å². The van der Waals surface area contributed by atoms with Gasteiger partial charge in [-0.3, -0.25) is 4.79 Å². The maximum atomic E-state index is 13.6. The van der Waals surface area contributed by atoms with Gasteiger partial charge in [-0.1, -0.05) is 0 Å². The van der Waals surface area contributed by atoms with Gasteiger partial charge in [0.05, 0.1) is 11.6 Å². The number of aryl methyl sites for hydroxylation is 3. The number of nitrogens with zero attached hydrogens (tertiary/aromatic N) is 6. The van der Waals surface area contributed by atoms with Gasteiger partial charge < -0.3 is 9.64 Å². The molecule has 8 heteroatoms. The summed E-state index contributed by atoms with van der Waals surface area (Å²) in [5.74, 6) is 0.812. The first-order valence-corrected chi connectivity index (χ1v) is 10.5. The van der Waals surface area contributed by atoms with Gasteiger partial charge in [-0.05, 0) is 63.8 Å². The molecular weight excluding hydrogens is 392 g/mol. The highest BCUT2D eigenvalue weighted by molar-refractivity contribution is 5.99. The van der Waals surface area contributed by atoms with Gasteiger partial charge in [-0.2, -0.15) is 0 Å². The van der Waals surface area contributed by atoms with Crippen molar-refractivity contribution in [2.75, 3.05) is 6.54 Å². The number of likely N-dealkylation sites (tertiary alicyclic amines) is 1. The molecule has 2 fully saturated rings. The van der Waals surface area contributed by atoms with Gasteiger partial charge in [0.15, 0.2) is 5.82 Å². The summed E-state index contributed by atoms with van der Waals surface area (Å²) >= 11 is 0. The zero-order chi connectivity index (χ0) is 21.5. The second-order valence-corrected chi connectivity index (χ2v) is 8.37. The number of amides is 1. The highest BCUT2D eigenvalue weighted by Gasteiger charge is 2.49. The summed E-state index contributed by atoms with van der Waals surface area (Å²) in [5.41, 5.74) is 3.60. The Hall–Kier alpha value is -3.42. The SMILES string of the molecule is Cc1cc(C)nc(OC2C[C@H]3CC2N(C(=O)c2ccc(C)nc2-c2ncccn2)C3)n1. The van der Waals surface area contributed by atoms with E-state index in [1.54, 1.807) is 18.5 Å². The van der Waals surface area contributed by atoms with Gasteiger partial charge in [-0.25, -0.2) is 24.9 Å². The molecule has 0 N–H and O–H groups in total. The molecule has 5 rings (SSSR count). The molecule has 0 spiro atoms. The third-order valence-electron chi connectivity index (χ3n) is 5.95. The molecule has 1 saturated heterocycles. The van der Waals surface area contributed by atoms with Crippen LogP contribution >= 0.6 is 0 Å². The Labute approximate surface area is 180 Å². The minimum absolute atomic E-state index is 0.00670. The van der Waals surface area contributed by atoms with Crippen LogP contribution in [0.1, 0.15) is 40.3 Å². The number of hydrogen-bond donors (Lipinski definition) is 0. The van der Waals surface area contributed by atoms with Crippen LogP contribution < -0.4 is 4.74 Å². The molecule has 3 aromatic heterocycles. The lowest BCUT2D eigenvalue weighted by Crippen LogP contribution is -2.47. The molecule has 4 heterocycles. The zero-order valence-electron chi connectivity index (χ0n) is 17.8. The summed E-state index contributed by atoms with van der Waals surface area (Å²) in [6.07, 6.45) is 5.04. The lowest BCUT2D eigenvalue weighted by atomic mass is 10.1. The first kappa shape index (κ1) is 19.5. The molecule has 3 atom stereocenters. The molecule has 1 aliphatic heterocycles. The third-order valence-corrected chi connectivity index (χ3v) is 5.95. The Morgan fingerprint density at radius 1 is 1.00 bits per heavy atom. The number of rotatable bonds is 4. The van der Waals surface area contributed by atoms with Crippen molar-refractivity contribution in [3.05, 3.63) is 59.3 Å². The molecule has 31 heavy (non-hydrogen) atoms. The van der Waals surface area contributed by atoms with Gasteiger partial charge >= 0.3 is 6.01 Å². The molecule has 0 aromatic carbocycles. The van der Waals surface area contributed by atoms with Crippen LogP contribution in [0.15, 0.2) is 36.7 Å². The summed E-state index contributed by atoms with van der Waals surface area (Å²) < 4.78 is 6.16. The van der Waals surface area contributed by atoms with Crippen molar-refractivity contribution in [2.45, 2.75) is 45.8 Å². The van der Waals surface area contributed by atoms with E-state index in [1.807, 2.05) is 43.9 Å². The van der Waals surface area contributed by atoms with Crippen molar-refractivity contribution in [3.8, 4) is 17.5 Å². The van der Waals surface area contributed by atoms with E-state index in [-0.39, 0.29) is 18.1 Å². The van der Waals surface area contributed by atoms with E-state index < -0.39 is 0 Å². The Morgan fingerprint density at radius 3 is 2.45 bits per heavy atom.